The Balaban J connectivity index is 1.52. The van der Waals surface area contributed by atoms with Crippen LogP contribution in [-0.4, -0.2) is 67.3 Å². The van der Waals surface area contributed by atoms with Crippen LogP contribution in [0.15, 0.2) is 46.2 Å². The van der Waals surface area contributed by atoms with Gasteiger partial charge in [0.05, 0.1) is 37.1 Å². The Morgan fingerprint density at radius 3 is 2.53 bits per heavy atom. The van der Waals surface area contributed by atoms with Crippen molar-refractivity contribution in [2.75, 3.05) is 26.8 Å². The molecule has 0 amide bonds. The molecule has 1 aliphatic rings. The van der Waals surface area contributed by atoms with Gasteiger partial charge in [0, 0.05) is 19.3 Å². The van der Waals surface area contributed by atoms with Gasteiger partial charge in [-0.2, -0.15) is 18.3 Å². The molecule has 5 rings (SSSR count). The molecule has 1 aromatic carbocycles. The smallest absolute Gasteiger partial charge is 0.423 e. The number of rotatable bonds is 9. The molecule has 1 saturated heterocycles. The summed E-state index contributed by atoms with van der Waals surface area (Å²) in [6.45, 7) is 2.95. The molecule has 1 fully saturated rings. The van der Waals surface area contributed by atoms with Crippen LogP contribution in [0.4, 0.5) is 18.0 Å². The number of imidazole rings is 1. The van der Waals surface area contributed by atoms with E-state index in [9.17, 15) is 32.3 Å². The summed E-state index contributed by atoms with van der Waals surface area (Å²) in [6, 6.07) is 4.74. The summed E-state index contributed by atoms with van der Waals surface area (Å²) in [7, 11) is 0. The van der Waals surface area contributed by atoms with Crippen LogP contribution in [0.3, 0.4) is 0 Å². The monoisotopic (exact) mass is 634 g/mol. The molecule has 45 heavy (non-hydrogen) atoms. The Kier molecular flexibility index (Phi) is 9.19. The van der Waals surface area contributed by atoms with Gasteiger partial charge in [0.1, 0.15) is 12.7 Å². The fourth-order valence-corrected chi connectivity index (χ4v) is 4.86. The number of nitrogens with zero attached hydrogens (tertiary/aromatic N) is 6. The average molecular weight is 635 g/mol. The van der Waals surface area contributed by atoms with Crippen molar-refractivity contribution in [3.8, 4) is 11.4 Å². The van der Waals surface area contributed by atoms with Crippen molar-refractivity contribution >= 4 is 23.2 Å². The summed E-state index contributed by atoms with van der Waals surface area (Å²) in [5.74, 6) is -1.57. The molecular weight excluding hydrogens is 605 g/mol. The number of fused-ring (bicyclic) bond motifs is 1. The molecule has 0 bridgehead atoms. The lowest BCUT2D eigenvalue weighted by molar-refractivity contribution is -0.177. The zero-order valence-electron chi connectivity index (χ0n) is 24.3. The van der Waals surface area contributed by atoms with Crippen molar-refractivity contribution in [2.24, 2.45) is 5.92 Å². The maximum absolute atomic E-state index is 13.6. The van der Waals surface area contributed by atoms with E-state index in [-0.39, 0.29) is 62.2 Å². The quantitative estimate of drug-likeness (QED) is 0.199. The third-order valence-electron chi connectivity index (χ3n) is 6.98. The third kappa shape index (κ3) is 6.53. The van der Waals surface area contributed by atoms with Crippen molar-refractivity contribution < 1.29 is 41.7 Å². The van der Waals surface area contributed by atoms with Crippen LogP contribution < -0.4 is 11.2 Å². The molecule has 1 aliphatic heterocycles. The summed E-state index contributed by atoms with van der Waals surface area (Å²) < 4.78 is 64.5. The van der Waals surface area contributed by atoms with Crippen molar-refractivity contribution in [3.63, 3.8) is 0 Å². The number of ether oxygens (including phenoxy) is 4. The van der Waals surface area contributed by atoms with E-state index in [1.807, 2.05) is 0 Å². The highest BCUT2D eigenvalue weighted by Gasteiger charge is 2.31. The average Bonchev–Trinajstić information content (AvgIpc) is 3.65. The number of carbonyl (C=O) groups is 2. The highest BCUT2D eigenvalue weighted by molar-refractivity contribution is 5.90. The van der Waals surface area contributed by atoms with Crippen LogP contribution in [0.5, 0.6) is 0 Å². The molecule has 3 aromatic heterocycles. The van der Waals surface area contributed by atoms with Gasteiger partial charge in [-0.3, -0.25) is 23.4 Å². The lowest BCUT2D eigenvalue weighted by Gasteiger charge is -2.20. The summed E-state index contributed by atoms with van der Waals surface area (Å²) in [5, 5.41) is 4.20. The molecule has 4 aromatic rings. The van der Waals surface area contributed by atoms with Gasteiger partial charge in [-0.25, -0.2) is 19.1 Å². The van der Waals surface area contributed by atoms with Gasteiger partial charge in [-0.05, 0) is 31.0 Å². The van der Waals surface area contributed by atoms with Crippen LogP contribution in [0.2, 0.25) is 0 Å². The highest BCUT2D eigenvalue weighted by atomic mass is 19.4. The molecule has 0 aliphatic carbocycles. The van der Waals surface area contributed by atoms with Crippen molar-refractivity contribution in [3.05, 3.63) is 68.6 Å². The second-order valence-corrected chi connectivity index (χ2v) is 10.1. The van der Waals surface area contributed by atoms with Gasteiger partial charge >= 0.3 is 23.9 Å². The first kappa shape index (κ1) is 31.6. The van der Waals surface area contributed by atoms with E-state index in [4.69, 9.17) is 18.9 Å². The maximum Gasteiger partial charge on any atom is 0.423 e. The molecule has 0 saturated carbocycles. The number of aromatic nitrogens is 6. The molecule has 17 heteroatoms. The van der Waals surface area contributed by atoms with Gasteiger partial charge in [0.15, 0.2) is 17.0 Å². The summed E-state index contributed by atoms with van der Waals surface area (Å²) in [4.78, 5) is 57.0. The predicted octanol–water partition coefficient (Wildman–Crippen LogP) is 2.83. The summed E-state index contributed by atoms with van der Waals surface area (Å²) >= 11 is 0. The van der Waals surface area contributed by atoms with E-state index in [2.05, 4.69) is 10.1 Å². The standard InChI is InChI=1S/C28H29F3N6O8/c1-3-8-36-24(38)21-23(35(4-2)26(36)40)33-22(37(21)27(41)45-16-44-25(39)19-13-42-15-43-14-19)18-10-32-34(12-18)11-17-6-5-7-20(9-17)28(29,30)31/h5-7,9-10,12,19H,3-4,8,11,13-16H2,1-2H3. The van der Waals surface area contributed by atoms with E-state index in [1.54, 1.807) is 13.8 Å². The first-order chi connectivity index (χ1) is 21.5. The van der Waals surface area contributed by atoms with E-state index in [0.717, 1.165) is 21.3 Å². The number of aryl methyl sites for hydroxylation is 1. The SMILES string of the molecule is CCCn1c(=O)c2c(nc(-c3cnn(Cc4cccc(C(F)(F)F)c4)c3)n2C(=O)OCOC(=O)C2COCOC2)n(CC)c1=O. The van der Waals surface area contributed by atoms with Crippen LogP contribution in [-0.2, 0) is 49.6 Å². The van der Waals surface area contributed by atoms with Crippen molar-refractivity contribution in [1.29, 1.82) is 0 Å². The Labute approximate surface area is 252 Å². The van der Waals surface area contributed by atoms with Crippen LogP contribution >= 0.6 is 0 Å². The minimum atomic E-state index is -4.53. The van der Waals surface area contributed by atoms with E-state index in [1.165, 1.54) is 33.8 Å². The van der Waals surface area contributed by atoms with Gasteiger partial charge < -0.3 is 18.9 Å². The minimum absolute atomic E-state index is 0.0458. The lowest BCUT2D eigenvalue weighted by atomic mass is 10.1. The van der Waals surface area contributed by atoms with Crippen LogP contribution in [0, 0.1) is 5.92 Å². The molecule has 0 N–H and O–H groups in total. The van der Waals surface area contributed by atoms with E-state index < -0.39 is 47.8 Å². The largest absolute Gasteiger partial charge is 0.427 e. The number of carbonyl (C=O) groups excluding carboxylic acids is 2. The minimum Gasteiger partial charge on any atom is -0.427 e. The number of hydrogen-bond acceptors (Lipinski definition) is 10. The highest BCUT2D eigenvalue weighted by Crippen LogP contribution is 2.30. The molecule has 240 valence electrons. The normalized spacial score (nSPS) is 14.2. The zero-order chi connectivity index (χ0) is 32.3. The maximum atomic E-state index is 13.6. The number of esters is 1. The second kappa shape index (κ2) is 13.1. The predicted molar refractivity (Wildman–Crippen MR) is 149 cm³/mol. The Hall–Kier alpha value is -4.77. The Morgan fingerprint density at radius 1 is 1.09 bits per heavy atom. The first-order valence-electron chi connectivity index (χ1n) is 14.0. The third-order valence-corrected chi connectivity index (χ3v) is 6.98. The van der Waals surface area contributed by atoms with Gasteiger partial charge in [0.25, 0.3) is 5.56 Å². The van der Waals surface area contributed by atoms with E-state index >= 15 is 0 Å². The molecule has 0 spiro atoms. The van der Waals surface area contributed by atoms with Gasteiger partial charge in [-0.1, -0.05) is 19.1 Å². The molecule has 4 heterocycles. The van der Waals surface area contributed by atoms with Crippen molar-refractivity contribution in [1.82, 2.24) is 28.5 Å². The Bertz CT molecular complexity index is 1830. The number of alkyl halides is 3. The molecule has 0 radical (unpaired) electrons. The van der Waals surface area contributed by atoms with Gasteiger partial charge in [-0.15, -0.1) is 0 Å². The molecular formula is C28H29F3N6O8. The first-order valence-corrected chi connectivity index (χ1v) is 14.0. The topological polar surface area (TPSA) is 151 Å². The zero-order valence-corrected chi connectivity index (χ0v) is 24.3. The second-order valence-electron chi connectivity index (χ2n) is 10.1. The lowest BCUT2D eigenvalue weighted by Crippen LogP contribution is -2.40. The molecule has 0 atom stereocenters. The van der Waals surface area contributed by atoms with E-state index in [0.29, 0.717) is 12.0 Å². The fourth-order valence-electron chi connectivity index (χ4n) is 4.86. The Morgan fingerprint density at radius 2 is 1.84 bits per heavy atom. The number of halogens is 3. The number of benzene rings is 1. The fraction of sp³-hybridized carbons (Fsp3) is 0.429. The van der Waals surface area contributed by atoms with Crippen LogP contribution in [0.1, 0.15) is 31.4 Å². The van der Waals surface area contributed by atoms with Gasteiger partial charge in [0.2, 0.25) is 6.79 Å². The number of hydrogen-bond donors (Lipinski definition) is 0. The van der Waals surface area contributed by atoms with Crippen LogP contribution in [0.25, 0.3) is 22.6 Å². The summed E-state index contributed by atoms with van der Waals surface area (Å²) in [6.07, 6.45) is -2.48. The summed E-state index contributed by atoms with van der Waals surface area (Å²) in [5.41, 5.74) is -2.07. The molecule has 14 nitrogen and oxygen atoms in total. The molecule has 0 unspecified atom stereocenters. The van der Waals surface area contributed by atoms with Crippen molar-refractivity contribution in [2.45, 2.75) is 46.1 Å².